The van der Waals surface area contributed by atoms with Crippen molar-refractivity contribution >= 4 is 12.1 Å². The predicted molar refractivity (Wildman–Crippen MR) is 136 cm³/mol. The Balaban J connectivity index is 0.000000434. The van der Waals surface area contributed by atoms with E-state index in [4.69, 9.17) is 18.9 Å². The quantitative estimate of drug-likeness (QED) is 0.522. The van der Waals surface area contributed by atoms with Crippen LogP contribution in [-0.4, -0.2) is 55.0 Å². The van der Waals surface area contributed by atoms with Gasteiger partial charge in [0.1, 0.15) is 18.0 Å². The molecule has 0 aromatic heterocycles. The van der Waals surface area contributed by atoms with Gasteiger partial charge in [0.05, 0.1) is 25.2 Å². The summed E-state index contributed by atoms with van der Waals surface area (Å²) in [4.78, 5) is 27.3. The molecule has 36 heavy (non-hydrogen) atoms. The predicted octanol–water partition coefficient (Wildman–Crippen LogP) is 5.33. The first kappa shape index (κ1) is 26.0. The summed E-state index contributed by atoms with van der Waals surface area (Å²) in [5.41, 5.74) is 1.19. The monoisotopic (exact) mass is 495 g/mol. The van der Waals surface area contributed by atoms with E-state index in [0.717, 1.165) is 11.1 Å². The fraction of sp³-hybridized carbons (Fsp3) is 0.517. The molecule has 2 aromatic rings. The normalized spacial score (nSPS) is 24.3. The molecule has 194 valence electrons. The molecule has 3 heterocycles. The third kappa shape index (κ3) is 6.58. The Hall–Kier alpha value is -3.06. The van der Waals surface area contributed by atoms with Crippen molar-refractivity contribution in [3.05, 3.63) is 65.7 Å². The second-order valence-electron chi connectivity index (χ2n) is 10.6. The highest BCUT2D eigenvalue weighted by molar-refractivity contribution is 5.78. The molecular formula is C29H37NO6. The van der Waals surface area contributed by atoms with Crippen LogP contribution < -0.4 is 4.74 Å². The van der Waals surface area contributed by atoms with E-state index in [-0.39, 0.29) is 25.0 Å². The number of methoxy groups -OCH3 is 1. The second-order valence-corrected chi connectivity index (χ2v) is 10.6. The van der Waals surface area contributed by atoms with E-state index < -0.39 is 17.6 Å². The van der Waals surface area contributed by atoms with Gasteiger partial charge < -0.3 is 23.8 Å². The molecule has 4 fully saturated rings. The number of para-hydroxylation sites is 1. The number of nitrogens with zero attached hydrogens (tertiary/aromatic N) is 1. The van der Waals surface area contributed by atoms with Crippen LogP contribution in [0, 0.1) is 5.92 Å². The Bertz CT molecular complexity index is 1010. The largest absolute Gasteiger partial charge is 0.496 e. The molecule has 7 heteroatoms. The van der Waals surface area contributed by atoms with E-state index in [2.05, 4.69) is 0 Å². The Morgan fingerprint density at radius 3 is 2.19 bits per heavy atom. The maximum absolute atomic E-state index is 12.9. The number of likely N-dealkylation sites (tertiary alicyclic amines) is 1. The molecule has 7 nitrogen and oxygen atoms in total. The van der Waals surface area contributed by atoms with Crippen molar-refractivity contribution in [1.29, 1.82) is 0 Å². The summed E-state index contributed by atoms with van der Waals surface area (Å²) in [5.74, 6) is -0.364. The third-order valence-electron chi connectivity index (χ3n) is 6.75. The summed E-state index contributed by atoms with van der Waals surface area (Å²) in [6.45, 7) is 6.30. The average molecular weight is 496 g/mol. The number of carbonyl (C=O) groups excluding carboxylic acids is 2. The Labute approximate surface area is 213 Å². The smallest absolute Gasteiger partial charge is 0.410 e. The van der Waals surface area contributed by atoms with Gasteiger partial charge in [-0.1, -0.05) is 48.5 Å². The molecule has 6 rings (SSSR count). The number of amides is 1. The average Bonchev–Trinajstić information content (AvgIpc) is 3.59. The Morgan fingerprint density at radius 2 is 1.61 bits per heavy atom. The van der Waals surface area contributed by atoms with Crippen molar-refractivity contribution in [3.63, 3.8) is 0 Å². The standard InChI is InChI=1S/C24H29NO5.C5H8O/c1-24(2,3)30-22(26)20-15-25(23(27)29-16-17-10-6-5-7-11-17)14-19(20)18-12-8-9-13-21(18)28-4;1-2-5-3-4(1)6-5/h5-13,19-20H,14-16H2,1-4H3;4-5H,1-3H2. The molecule has 4 unspecified atom stereocenters. The lowest BCUT2D eigenvalue weighted by Gasteiger charge is -2.25. The van der Waals surface area contributed by atoms with Gasteiger partial charge in [-0.2, -0.15) is 0 Å². The molecule has 1 saturated carbocycles. The van der Waals surface area contributed by atoms with E-state index in [1.807, 2.05) is 75.4 Å². The van der Waals surface area contributed by atoms with Crippen molar-refractivity contribution in [1.82, 2.24) is 4.90 Å². The van der Waals surface area contributed by atoms with Crippen LogP contribution in [-0.2, 0) is 25.6 Å². The van der Waals surface area contributed by atoms with Gasteiger partial charge in [-0.3, -0.25) is 4.79 Å². The number of benzene rings is 2. The van der Waals surface area contributed by atoms with E-state index in [1.165, 1.54) is 19.3 Å². The topological polar surface area (TPSA) is 74.3 Å². The summed E-state index contributed by atoms with van der Waals surface area (Å²) in [7, 11) is 1.60. The van der Waals surface area contributed by atoms with E-state index in [0.29, 0.717) is 24.5 Å². The fourth-order valence-electron chi connectivity index (χ4n) is 4.97. The van der Waals surface area contributed by atoms with Gasteiger partial charge in [0.25, 0.3) is 0 Å². The zero-order valence-corrected chi connectivity index (χ0v) is 21.6. The van der Waals surface area contributed by atoms with Crippen molar-refractivity contribution in [3.8, 4) is 5.75 Å². The molecule has 1 aliphatic carbocycles. The summed E-state index contributed by atoms with van der Waals surface area (Å²) < 4.78 is 21.9. The van der Waals surface area contributed by atoms with Crippen LogP contribution >= 0.6 is 0 Å². The highest BCUT2D eigenvalue weighted by Crippen LogP contribution is 2.39. The van der Waals surface area contributed by atoms with E-state index >= 15 is 0 Å². The van der Waals surface area contributed by atoms with Crippen molar-refractivity contribution in [2.24, 2.45) is 5.92 Å². The van der Waals surface area contributed by atoms with Gasteiger partial charge in [-0.25, -0.2) is 4.79 Å². The van der Waals surface area contributed by atoms with Crippen LogP contribution in [0.4, 0.5) is 4.79 Å². The Kier molecular flexibility index (Phi) is 8.19. The Morgan fingerprint density at radius 1 is 0.972 bits per heavy atom. The number of esters is 1. The van der Waals surface area contributed by atoms with Crippen molar-refractivity contribution in [2.45, 2.75) is 70.4 Å². The maximum Gasteiger partial charge on any atom is 0.410 e. The minimum atomic E-state index is -0.607. The van der Waals surface area contributed by atoms with Gasteiger partial charge in [-0.15, -0.1) is 0 Å². The molecule has 0 radical (unpaired) electrons. The van der Waals surface area contributed by atoms with Gasteiger partial charge in [0.15, 0.2) is 0 Å². The van der Waals surface area contributed by atoms with E-state index in [9.17, 15) is 9.59 Å². The molecule has 3 aliphatic heterocycles. The number of hydrogen-bond acceptors (Lipinski definition) is 6. The highest BCUT2D eigenvalue weighted by Gasteiger charge is 2.44. The zero-order chi connectivity index (χ0) is 25.7. The first-order valence-corrected chi connectivity index (χ1v) is 12.7. The molecule has 3 saturated heterocycles. The molecule has 0 spiro atoms. The lowest BCUT2D eigenvalue weighted by Crippen LogP contribution is -2.33. The van der Waals surface area contributed by atoms with Crippen LogP contribution in [0.25, 0.3) is 0 Å². The van der Waals surface area contributed by atoms with Gasteiger partial charge in [-0.05, 0) is 57.2 Å². The fourth-order valence-corrected chi connectivity index (χ4v) is 4.97. The van der Waals surface area contributed by atoms with Crippen molar-refractivity contribution in [2.75, 3.05) is 20.2 Å². The van der Waals surface area contributed by atoms with Crippen molar-refractivity contribution < 1.29 is 28.5 Å². The zero-order valence-electron chi connectivity index (χ0n) is 21.6. The van der Waals surface area contributed by atoms with Gasteiger partial charge in [0.2, 0.25) is 0 Å². The van der Waals surface area contributed by atoms with Crippen LogP contribution in [0.2, 0.25) is 0 Å². The highest BCUT2D eigenvalue weighted by atomic mass is 16.6. The molecule has 2 bridgehead atoms. The first-order valence-electron chi connectivity index (χ1n) is 12.7. The minimum absolute atomic E-state index is 0.187. The lowest BCUT2D eigenvalue weighted by atomic mass is 9.88. The summed E-state index contributed by atoms with van der Waals surface area (Å²) in [6, 6.07) is 17.1. The molecule has 2 aromatic carbocycles. The number of ether oxygens (including phenoxy) is 4. The summed E-state index contributed by atoms with van der Waals surface area (Å²) in [5, 5.41) is 0. The van der Waals surface area contributed by atoms with Gasteiger partial charge >= 0.3 is 12.1 Å². The van der Waals surface area contributed by atoms with Crippen LogP contribution in [0.15, 0.2) is 54.6 Å². The summed E-state index contributed by atoms with van der Waals surface area (Å²) in [6.07, 6.45) is 4.98. The van der Waals surface area contributed by atoms with E-state index in [1.54, 1.807) is 12.0 Å². The minimum Gasteiger partial charge on any atom is -0.496 e. The van der Waals surface area contributed by atoms with Crippen LogP contribution in [0.1, 0.15) is 57.1 Å². The molecule has 1 amide bonds. The number of hydrogen-bond donors (Lipinski definition) is 0. The van der Waals surface area contributed by atoms with Crippen LogP contribution in [0.3, 0.4) is 0 Å². The van der Waals surface area contributed by atoms with Crippen LogP contribution in [0.5, 0.6) is 5.75 Å². The molecule has 4 atom stereocenters. The maximum atomic E-state index is 12.9. The van der Waals surface area contributed by atoms with Gasteiger partial charge in [0, 0.05) is 19.0 Å². The molecule has 4 aliphatic rings. The molecule has 0 N–H and O–H groups in total. The SMILES string of the molecule is C1CC2CC1O2.COc1ccccc1C1CN(C(=O)OCc2ccccc2)CC1C(=O)OC(C)(C)C. The third-order valence-corrected chi connectivity index (χ3v) is 6.75. The second kappa shape index (κ2) is 11.3. The number of carbonyl (C=O) groups is 2. The number of rotatable bonds is 5. The summed E-state index contributed by atoms with van der Waals surface area (Å²) >= 11 is 0. The lowest BCUT2D eigenvalue weighted by molar-refractivity contribution is -0.159. The number of fused-ring (bicyclic) bond motifs is 1. The first-order chi connectivity index (χ1) is 17.2. The molecular weight excluding hydrogens is 458 g/mol.